The van der Waals surface area contributed by atoms with Crippen molar-refractivity contribution in [2.45, 2.75) is 44.2 Å². The summed E-state index contributed by atoms with van der Waals surface area (Å²) in [5.74, 6) is -0.464. The van der Waals surface area contributed by atoms with E-state index >= 15 is 0 Å². The fraction of sp³-hybridized carbons (Fsp3) is 0.281. The first-order chi connectivity index (χ1) is 22.6. The van der Waals surface area contributed by atoms with E-state index in [1.54, 1.807) is 43.3 Å². The second kappa shape index (κ2) is 15.2. The molecule has 4 N–H and O–H groups in total. The summed E-state index contributed by atoms with van der Waals surface area (Å²) in [5.41, 5.74) is -0.530. The van der Waals surface area contributed by atoms with Crippen LogP contribution in [-0.4, -0.2) is 57.2 Å². The molecule has 1 aromatic heterocycles. The van der Waals surface area contributed by atoms with Crippen LogP contribution in [0.25, 0.3) is 16.8 Å². The van der Waals surface area contributed by atoms with E-state index in [1.165, 1.54) is 29.4 Å². The SMILES string of the molecule is CCOC(=O)[C@H](Cc1ccc(O)cc1)NP(=O)(OC[C@H]1O[C@@H](n2cc(/C=C/Br)c(=O)[nH]c2=O)C[C@@H]1O)Oc1cccc2ccccc12. The first kappa shape index (κ1) is 34.3. The van der Waals surface area contributed by atoms with Crippen LogP contribution in [0.3, 0.4) is 0 Å². The van der Waals surface area contributed by atoms with Crippen molar-refractivity contribution in [3.63, 3.8) is 0 Å². The van der Waals surface area contributed by atoms with Crippen molar-refractivity contribution in [1.29, 1.82) is 0 Å². The van der Waals surface area contributed by atoms with Gasteiger partial charge < -0.3 is 24.2 Å². The third-order valence-corrected chi connectivity index (χ3v) is 9.21. The van der Waals surface area contributed by atoms with Crippen molar-refractivity contribution in [3.8, 4) is 11.5 Å². The smallest absolute Gasteiger partial charge is 0.459 e. The van der Waals surface area contributed by atoms with E-state index in [0.717, 1.165) is 9.95 Å². The van der Waals surface area contributed by atoms with Crippen LogP contribution in [0.5, 0.6) is 11.5 Å². The Bertz CT molecular complexity index is 1910. The zero-order valence-electron chi connectivity index (χ0n) is 25.2. The van der Waals surface area contributed by atoms with Crippen LogP contribution in [0, 0.1) is 0 Å². The van der Waals surface area contributed by atoms with E-state index in [0.29, 0.717) is 10.9 Å². The average molecular weight is 731 g/mol. The van der Waals surface area contributed by atoms with Gasteiger partial charge in [0.2, 0.25) is 0 Å². The number of nitrogens with zero attached hydrogens (tertiary/aromatic N) is 1. The predicted molar refractivity (Wildman–Crippen MR) is 177 cm³/mol. The molecule has 1 aliphatic heterocycles. The molecule has 1 fully saturated rings. The molecule has 1 saturated heterocycles. The van der Waals surface area contributed by atoms with E-state index in [1.807, 2.05) is 18.2 Å². The standard InChI is InChI=1S/C32H33BrN3O10P/c1-2-43-31(40)25(16-20-10-12-23(37)13-11-20)35-47(42,46-27-9-5-7-21-6-3-4-8-24(21)27)44-19-28-26(38)17-29(45-28)36-18-22(14-15-33)30(39)34-32(36)41/h3-15,18,25-26,28-29,37-38H,2,16-17,19H2,1H3,(H,35,42)(H,34,39,41)/b15-14+/t25-,26-,28+,29+,47?/m0/s1. The van der Waals surface area contributed by atoms with E-state index in [9.17, 15) is 29.2 Å². The molecule has 13 nitrogen and oxygen atoms in total. The molecular formula is C32H33BrN3O10P. The number of H-pyrrole nitrogens is 1. The van der Waals surface area contributed by atoms with Gasteiger partial charge in [0.1, 0.15) is 29.9 Å². The highest BCUT2D eigenvalue weighted by Crippen LogP contribution is 2.48. The molecule has 4 aromatic rings. The molecule has 5 rings (SSSR count). The number of phenols is 1. The van der Waals surface area contributed by atoms with Crippen LogP contribution < -0.4 is 20.9 Å². The molecule has 248 valence electrons. The number of rotatable bonds is 13. The molecule has 0 bridgehead atoms. The van der Waals surface area contributed by atoms with Crippen molar-refractivity contribution in [1.82, 2.24) is 14.6 Å². The monoisotopic (exact) mass is 729 g/mol. The Morgan fingerprint density at radius 3 is 2.66 bits per heavy atom. The number of halogens is 1. The topological polar surface area (TPSA) is 178 Å². The Balaban J connectivity index is 1.42. The molecule has 1 unspecified atom stereocenters. The number of phenolic OH excluding ortho intramolecular Hbond substituents is 1. The predicted octanol–water partition coefficient (Wildman–Crippen LogP) is 4.38. The summed E-state index contributed by atoms with van der Waals surface area (Å²) in [6, 6.07) is 17.4. The van der Waals surface area contributed by atoms with E-state index in [2.05, 4.69) is 26.0 Å². The number of aliphatic hydroxyl groups is 1. The Labute approximate surface area is 277 Å². The maximum absolute atomic E-state index is 14.6. The summed E-state index contributed by atoms with van der Waals surface area (Å²) in [6.45, 7) is 1.23. The minimum Gasteiger partial charge on any atom is -0.508 e. The molecule has 3 aromatic carbocycles. The van der Waals surface area contributed by atoms with Crippen molar-refractivity contribution in [2.24, 2.45) is 0 Å². The lowest BCUT2D eigenvalue weighted by Gasteiger charge is -2.26. The summed E-state index contributed by atoms with van der Waals surface area (Å²) in [7, 11) is -4.45. The Morgan fingerprint density at radius 1 is 1.17 bits per heavy atom. The van der Waals surface area contributed by atoms with Crippen LogP contribution in [0.4, 0.5) is 0 Å². The number of carbonyl (C=O) groups excluding carboxylic acids is 1. The molecule has 1 aliphatic rings. The minimum absolute atomic E-state index is 0.0102. The highest BCUT2D eigenvalue weighted by molar-refractivity contribution is 9.11. The number of nitrogens with one attached hydrogen (secondary N) is 2. The third-order valence-electron chi connectivity index (χ3n) is 7.39. The second-order valence-electron chi connectivity index (χ2n) is 10.6. The molecule has 5 atom stereocenters. The lowest BCUT2D eigenvalue weighted by Crippen LogP contribution is -2.40. The van der Waals surface area contributed by atoms with Gasteiger partial charge in [-0.2, -0.15) is 5.09 Å². The number of aromatic hydroxyl groups is 1. The van der Waals surface area contributed by atoms with Crippen molar-refractivity contribution < 1.29 is 38.1 Å². The number of aromatic amines is 1. The maximum Gasteiger partial charge on any atom is 0.459 e. The van der Waals surface area contributed by atoms with Gasteiger partial charge in [0.05, 0.1) is 24.9 Å². The van der Waals surface area contributed by atoms with Crippen molar-refractivity contribution in [3.05, 3.63) is 110 Å². The van der Waals surface area contributed by atoms with Gasteiger partial charge in [0.25, 0.3) is 5.56 Å². The zero-order valence-corrected chi connectivity index (χ0v) is 27.6. The van der Waals surface area contributed by atoms with E-state index in [4.69, 9.17) is 18.5 Å². The first-order valence-electron chi connectivity index (χ1n) is 14.7. The fourth-order valence-electron chi connectivity index (χ4n) is 5.09. The van der Waals surface area contributed by atoms with Crippen LogP contribution in [-0.2, 0) is 29.8 Å². The number of ether oxygens (including phenoxy) is 2. The van der Waals surface area contributed by atoms with Gasteiger partial charge in [0.15, 0.2) is 0 Å². The van der Waals surface area contributed by atoms with Gasteiger partial charge >= 0.3 is 19.4 Å². The molecule has 2 heterocycles. The third kappa shape index (κ3) is 8.47. The number of benzene rings is 3. The molecule has 0 aliphatic carbocycles. The number of carbonyl (C=O) groups is 1. The van der Waals surface area contributed by atoms with Gasteiger partial charge in [-0.1, -0.05) is 64.5 Å². The zero-order chi connectivity index (χ0) is 33.6. The van der Waals surface area contributed by atoms with E-state index < -0.39 is 56.0 Å². The summed E-state index contributed by atoms with van der Waals surface area (Å²) < 4.78 is 38.8. The Morgan fingerprint density at radius 2 is 1.91 bits per heavy atom. The van der Waals surface area contributed by atoms with Crippen LogP contribution >= 0.6 is 23.7 Å². The number of hydrogen-bond acceptors (Lipinski definition) is 10. The Hall–Kier alpha value is -4.04. The van der Waals surface area contributed by atoms with Gasteiger partial charge in [-0.25, -0.2) is 9.36 Å². The van der Waals surface area contributed by atoms with Crippen LogP contribution in [0.2, 0.25) is 0 Å². The molecule has 0 radical (unpaired) electrons. The summed E-state index contributed by atoms with van der Waals surface area (Å²) in [6.07, 6.45) is -0.467. The quantitative estimate of drug-likeness (QED) is 0.113. The summed E-state index contributed by atoms with van der Waals surface area (Å²) in [5, 5.41) is 24.8. The molecule has 0 amide bonds. The van der Waals surface area contributed by atoms with Gasteiger partial charge in [-0.05, 0) is 53.6 Å². The molecule has 47 heavy (non-hydrogen) atoms. The normalized spacial score (nSPS) is 19.9. The van der Waals surface area contributed by atoms with Crippen molar-refractivity contribution in [2.75, 3.05) is 13.2 Å². The summed E-state index contributed by atoms with van der Waals surface area (Å²) in [4.78, 5) is 41.5. The van der Waals surface area contributed by atoms with Crippen molar-refractivity contribution >= 4 is 46.5 Å². The second-order valence-corrected chi connectivity index (χ2v) is 12.9. The highest BCUT2D eigenvalue weighted by atomic mass is 79.9. The number of aromatic nitrogens is 2. The maximum atomic E-state index is 14.6. The summed E-state index contributed by atoms with van der Waals surface area (Å²) >= 11 is 3.11. The first-order valence-corrected chi connectivity index (χ1v) is 17.1. The van der Waals surface area contributed by atoms with Gasteiger partial charge in [-0.15, -0.1) is 0 Å². The highest BCUT2D eigenvalue weighted by Gasteiger charge is 2.40. The lowest BCUT2D eigenvalue weighted by atomic mass is 10.1. The molecule has 0 spiro atoms. The van der Waals surface area contributed by atoms with E-state index in [-0.39, 0.29) is 36.5 Å². The van der Waals surface area contributed by atoms with Crippen LogP contribution in [0.15, 0.2) is 87.5 Å². The molecular weight excluding hydrogens is 697 g/mol. The average Bonchev–Trinajstić information content (AvgIpc) is 3.42. The fourth-order valence-corrected chi connectivity index (χ4v) is 6.89. The van der Waals surface area contributed by atoms with Crippen LogP contribution in [0.1, 0.15) is 30.7 Å². The molecule has 0 saturated carbocycles. The van der Waals surface area contributed by atoms with Gasteiger partial charge in [-0.3, -0.25) is 23.7 Å². The largest absolute Gasteiger partial charge is 0.508 e. The Kier molecular flexibility index (Phi) is 11.1. The number of hydrogen-bond donors (Lipinski definition) is 4. The number of aliphatic hydroxyl groups excluding tert-OH is 1. The van der Waals surface area contributed by atoms with Gasteiger partial charge in [0, 0.05) is 18.0 Å². The number of fused-ring (bicyclic) bond motifs is 1. The molecule has 15 heteroatoms. The lowest BCUT2D eigenvalue weighted by molar-refractivity contribution is -0.145. The minimum atomic E-state index is -4.45. The number of esters is 1.